The number of unbranched alkanes of at least 4 members (excludes halogenated alkanes) is 3. The van der Waals surface area contributed by atoms with Gasteiger partial charge in [0.15, 0.2) is 5.96 Å². The van der Waals surface area contributed by atoms with E-state index in [4.69, 9.17) is 4.74 Å². The molecule has 0 aromatic heterocycles. The molecule has 1 heterocycles. The minimum atomic E-state index is 0.0119. The standard InChI is InChI=1S/C18H34N4O2/c1-5-6-7-8-9-11-22(4)18(20-14-17(23)21(2)3)19-13-16-10-12-24-15-16/h5,16H,1,6-15H2,2-4H3,(H,19,20). The zero-order valence-corrected chi connectivity index (χ0v) is 15.6. The maximum Gasteiger partial charge on any atom is 0.243 e. The number of ether oxygens (including phenoxy) is 1. The highest BCUT2D eigenvalue weighted by Gasteiger charge is 2.17. The van der Waals surface area contributed by atoms with Gasteiger partial charge in [-0.05, 0) is 25.7 Å². The summed E-state index contributed by atoms with van der Waals surface area (Å²) in [5.41, 5.74) is 0. The molecule has 6 heteroatoms. The van der Waals surface area contributed by atoms with Gasteiger partial charge < -0.3 is 19.9 Å². The normalized spacial score (nSPS) is 17.6. The zero-order chi connectivity index (χ0) is 17.8. The number of guanidine groups is 1. The number of nitrogens with zero attached hydrogens (tertiary/aromatic N) is 3. The van der Waals surface area contributed by atoms with Crippen LogP contribution in [0.15, 0.2) is 17.6 Å². The lowest BCUT2D eigenvalue weighted by atomic mass is 10.1. The molecule has 1 N–H and O–H groups in total. The van der Waals surface area contributed by atoms with E-state index in [0.717, 1.165) is 51.5 Å². The van der Waals surface area contributed by atoms with Crippen molar-refractivity contribution in [2.45, 2.75) is 32.1 Å². The lowest BCUT2D eigenvalue weighted by Crippen LogP contribution is -2.42. The van der Waals surface area contributed by atoms with E-state index in [1.165, 1.54) is 12.8 Å². The van der Waals surface area contributed by atoms with Crippen LogP contribution in [0.4, 0.5) is 0 Å². The fraction of sp³-hybridized carbons (Fsp3) is 0.778. The summed E-state index contributed by atoms with van der Waals surface area (Å²) in [7, 11) is 5.54. The van der Waals surface area contributed by atoms with Gasteiger partial charge >= 0.3 is 0 Å². The predicted octanol–water partition coefficient (Wildman–Crippen LogP) is 1.73. The number of likely N-dealkylation sites (N-methyl/N-ethyl adjacent to an activating group) is 1. The van der Waals surface area contributed by atoms with Crippen LogP contribution in [0.2, 0.25) is 0 Å². The molecule has 1 rings (SSSR count). The Morgan fingerprint density at radius 2 is 2.12 bits per heavy atom. The Morgan fingerprint density at radius 3 is 2.75 bits per heavy atom. The van der Waals surface area contributed by atoms with Gasteiger partial charge in [-0.25, -0.2) is 4.99 Å². The van der Waals surface area contributed by atoms with E-state index in [2.05, 4.69) is 21.8 Å². The highest BCUT2D eigenvalue weighted by Crippen LogP contribution is 2.10. The Kier molecular flexibility index (Phi) is 10.2. The van der Waals surface area contributed by atoms with Crippen LogP contribution in [0, 0.1) is 5.92 Å². The van der Waals surface area contributed by atoms with Crippen LogP contribution in [0.5, 0.6) is 0 Å². The summed E-state index contributed by atoms with van der Waals surface area (Å²) in [6.07, 6.45) is 7.59. The van der Waals surface area contributed by atoms with Crippen molar-refractivity contribution in [1.29, 1.82) is 0 Å². The molecule has 138 valence electrons. The van der Waals surface area contributed by atoms with Crippen molar-refractivity contribution in [2.24, 2.45) is 10.9 Å². The van der Waals surface area contributed by atoms with E-state index in [-0.39, 0.29) is 12.5 Å². The van der Waals surface area contributed by atoms with Crippen molar-refractivity contribution in [3.8, 4) is 0 Å². The Bertz CT molecular complexity index is 404. The molecule has 24 heavy (non-hydrogen) atoms. The van der Waals surface area contributed by atoms with Crippen LogP contribution in [-0.4, -0.2) is 75.7 Å². The lowest BCUT2D eigenvalue weighted by molar-refractivity contribution is -0.127. The molecule has 0 radical (unpaired) electrons. The molecule has 1 aliphatic rings. The van der Waals surface area contributed by atoms with Gasteiger partial charge in [-0.2, -0.15) is 0 Å². The fourth-order valence-electron chi connectivity index (χ4n) is 2.50. The molecule has 0 aliphatic carbocycles. The first-order valence-corrected chi connectivity index (χ1v) is 8.92. The first kappa shape index (κ1) is 20.5. The number of carbonyl (C=O) groups is 1. The smallest absolute Gasteiger partial charge is 0.243 e. The van der Waals surface area contributed by atoms with Crippen molar-refractivity contribution in [3.63, 3.8) is 0 Å². The van der Waals surface area contributed by atoms with Crippen molar-refractivity contribution >= 4 is 11.9 Å². The number of allylic oxidation sites excluding steroid dienone is 1. The number of carbonyl (C=O) groups excluding carboxylic acids is 1. The van der Waals surface area contributed by atoms with Crippen LogP contribution >= 0.6 is 0 Å². The van der Waals surface area contributed by atoms with Gasteiger partial charge in [-0.15, -0.1) is 6.58 Å². The SMILES string of the molecule is C=CCCCCCN(C)C(=NCC(=O)N(C)C)NCC1CCOC1. The first-order valence-electron chi connectivity index (χ1n) is 8.92. The second kappa shape index (κ2) is 11.9. The van der Waals surface area contributed by atoms with Crippen molar-refractivity contribution in [2.75, 3.05) is 54.0 Å². The molecule has 1 unspecified atom stereocenters. The summed E-state index contributed by atoms with van der Waals surface area (Å²) >= 11 is 0. The molecule has 0 aromatic carbocycles. The number of hydrogen-bond acceptors (Lipinski definition) is 3. The summed E-state index contributed by atoms with van der Waals surface area (Å²) in [5.74, 6) is 1.35. The lowest BCUT2D eigenvalue weighted by Gasteiger charge is -2.24. The molecule has 0 aromatic rings. The van der Waals surface area contributed by atoms with Gasteiger partial charge in [-0.3, -0.25) is 4.79 Å². The maximum absolute atomic E-state index is 11.8. The van der Waals surface area contributed by atoms with E-state index < -0.39 is 0 Å². The second-order valence-electron chi connectivity index (χ2n) is 6.60. The van der Waals surface area contributed by atoms with Gasteiger partial charge in [0, 0.05) is 46.8 Å². The molecule has 1 aliphatic heterocycles. The monoisotopic (exact) mass is 338 g/mol. The third-order valence-electron chi connectivity index (χ3n) is 4.20. The summed E-state index contributed by atoms with van der Waals surface area (Å²) in [5, 5.41) is 3.42. The van der Waals surface area contributed by atoms with Gasteiger partial charge in [0.25, 0.3) is 0 Å². The van der Waals surface area contributed by atoms with E-state index in [9.17, 15) is 4.79 Å². The number of aliphatic imine (C=N–C) groups is 1. The number of rotatable bonds is 10. The second-order valence-corrected chi connectivity index (χ2v) is 6.60. The maximum atomic E-state index is 11.8. The van der Waals surface area contributed by atoms with Crippen molar-refractivity contribution < 1.29 is 9.53 Å². The Hall–Kier alpha value is -1.56. The third-order valence-corrected chi connectivity index (χ3v) is 4.20. The third kappa shape index (κ3) is 8.34. The van der Waals surface area contributed by atoms with E-state index in [0.29, 0.717) is 5.92 Å². The molecule has 0 spiro atoms. The highest BCUT2D eigenvalue weighted by molar-refractivity contribution is 5.84. The summed E-state index contributed by atoms with van der Waals surface area (Å²) in [6, 6.07) is 0. The van der Waals surface area contributed by atoms with Crippen LogP contribution in [0.1, 0.15) is 32.1 Å². The average Bonchev–Trinajstić information content (AvgIpc) is 3.07. The zero-order valence-electron chi connectivity index (χ0n) is 15.6. The van der Waals surface area contributed by atoms with E-state index >= 15 is 0 Å². The quantitative estimate of drug-likeness (QED) is 0.285. The van der Waals surface area contributed by atoms with Gasteiger partial charge in [0.1, 0.15) is 6.54 Å². The topological polar surface area (TPSA) is 57.2 Å². The van der Waals surface area contributed by atoms with Gasteiger partial charge in [0.05, 0.1) is 6.61 Å². The minimum absolute atomic E-state index is 0.0119. The minimum Gasteiger partial charge on any atom is -0.381 e. The van der Waals surface area contributed by atoms with Gasteiger partial charge in [0.2, 0.25) is 5.91 Å². The molecular formula is C18H34N4O2. The molecular weight excluding hydrogens is 304 g/mol. The predicted molar refractivity (Wildman–Crippen MR) is 99.2 cm³/mol. The Morgan fingerprint density at radius 1 is 1.33 bits per heavy atom. The number of amides is 1. The van der Waals surface area contributed by atoms with Crippen LogP contribution in [0.25, 0.3) is 0 Å². The highest BCUT2D eigenvalue weighted by atomic mass is 16.5. The van der Waals surface area contributed by atoms with Crippen LogP contribution in [-0.2, 0) is 9.53 Å². The first-order chi connectivity index (χ1) is 11.5. The molecule has 0 saturated carbocycles. The average molecular weight is 338 g/mol. The Balaban J connectivity index is 2.48. The molecule has 1 saturated heterocycles. The fourth-order valence-corrected chi connectivity index (χ4v) is 2.50. The van der Waals surface area contributed by atoms with E-state index in [1.807, 2.05) is 13.1 Å². The number of nitrogens with one attached hydrogen (secondary N) is 1. The van der Waals surface area contributed by atoms with Crippen LogP contribution in [0.3, 0.4) is 0 Å². The molecule has 0 bridgehead atoms. The van der Waals surface area contributed by atoms with Crippen molar-refractivity contribution in [1.82, 2.24) is 15.1 Å². The molecule has 1 fully saturated rings. The van der Waals surface area contributed by atoms with Gasteiger partial charge in [-0.1, -0.05) is 12.5 Å². The molecule has 6 nitrogen and oxygen atoms in total. The van der Waals surface area contributed by atoms with Crippen LogP contribution < -0.4 is 5.32 Å². The summed E-state index contributed by atoms with van der Waals surface area (Å²) < 4.78 is 5.42. The number of hydrogen-bond donors (Lipinski definition) is 1. The molecule has 1 atom stereocenters. The Labute approximate surface area is 146 Å². The summed E-state index contributed by atoms with van der Waals surface area (Å²) in [6.45, 7) is 7.36. The van der Waals surface area contributed by atoms with E-state index in [1.54, 1.807) is 19.0 Å². The summed E-state index contributed by atoms with van der Waals surface area (Å²) in [4.78, 5) is 20.0. The molecule has 1 amide bonds. The largest absolute Gasteiger partial charge is 0.381 e. The van der Waals surface area contributed by atoms with Crippen molar-refractivity contribution in [3.05, 3.63) is 12.7 Å².